The van der Waals surface area contributed by atoms with Crippen LogP contribution in [0.15, 0.2) is 29.6 Å². The molecule has 3 heterocycles. The number of hydrogen-bond donors (Lipinski definition) is 1. The molecule has 0 bridgehead atoms. The van der Waals surface area contributed by atoms with Crippen LogP contribution in [0.3, 0.4) is 0 Å². The Bertz CT molecular complexity index is 901. The van der Waals surface area contributed by atoms with Gasteiger partial charge in [-0.05, 0) is 31.4 Å². The minimum atomic E-state index is -3.52. The van der Waals surface area contributed by atoms with Crippen molar-refractivity contribution in [1.82, 2.24) is 19.6 Å². The minimum Gasteiger partial charge on any atom is -0.347 e. The molecule has 2 aromatic heterocycles. The summed E-state index contributed by atoms with van der Waals surface area (Å²) in [7, 11) is -3.52. The van der Waals surface area contributed by atoms with Crippen LogP contribution in [0, 0.1) is 0 Å². The van der Waals surface area contributed by atoms with Gasteiger partial charge in [0.2, 0.25) is 15.0 Å². The Kier molecular flexibility index (Phi) is 3.61. The zero-order chi connectivity index (χ0) is 16.9. The number of rotatable bonds is 4. The summed E-state index contributed by atoms with van der Waals surface area (Å²) in [5, 5.41) is 2.91. The quantitative estimate of drug-likeness (QED) is 0.879. The number of carbonyl (C=O) groups excluding carboxylic acids is 1. The molecule has 0 unspecified atom stereocenters. The largest absolute Gasteiger partial charge is 0.347 e. The number of nitrogens with zero attached hydrogens (tertiary/aromatic N) is 3. The van der Waals surface area contributed by atoms with Gasteiger partial charge in [0.1, 0.15) is 0 Å². The van der Waals surface area contributed by atoms with Crippen molar-refractivity contribution in [2.24, 2.45) is 0 Å². The van der Waals surface area contributed by atoms with Gasteiger partial charge < -0.3 is 5.32 Å². The van der Waals surface area contributed by atoms with Crippen LogP contribution < -0.4 is 5.32 Å². The maximum absolute atomic E-state index is 12.6. The lowest BCUT2D eigenvalue weighted by molar-refractivity contribution is 0.0934. The fourth-order valence-corrected chi connectivity index (χ4v) is 4.14. The third-order valence-electron chi connectivity index (χ3n) is 4.68. The number of pyridine rings is 1. The van der Waals surface area contributed by atoms with Gasteiger partial charge in [0.15, 0.2) is 5.69 Å². The molecule has 1 saturated heterocycles. The van der Waals surface area contributed by atoms with Crippen molar-refractivity contribution >= 4 is 21.3 Å². The van der Waals surface area contributed by atoms with Crippen LogP contribution in [-0.2, 0) is 9.84 Å². The number of aromatic nitrogens is 2. The Labute approximate surface area is 140 Å². The van der Waals surface area contributed by atoms with E-state index in [0.717, 1.165) is 25.8 Å². The first-order chi connectivity index (χ1) is 11.4. The van der Waals surface area contributed by atoms with E-state index in [4.69, 9.17) is 0 Å². The number of hydrogen-bond acceptors (Lipinski definition) is 5. The zero-order valence-corrected chi connectivity index (χ0v) is 14.3. The summed E-state index contributed by atoms with van der Waals surface area (Å²) in [5.41, 5.74) is 0.674. The van der Waals surface area contributed by atoms with Gasteiger partial charge in [-0.25, -0.2) is 13.4 Å². The molecule has 1 saturated carbocycles. The van der Waals surface area contributed by atoms with Crippen LogP contribution in [0.2, 0.25) is 0 Å². The highest BCUT2D eigenvalue weighted by atomic mass is 32.2. The second kappa shape index (κ2) is 5.56. The van der Waals surface area contributed by atoms with Gasteiger partial charge in [0, 0.05) is 37.6 Å². The van der Waals surface area contributed by atoms with Gasteiger partial charge in [-0.2, -0.15) is 0 Å². The summed E-state index contributed by atoms with van der Waals surface area (Å²) in [6.07, 6.45) is 6.14. The molecule has 1 aliphatic heterocycles. The van der Waals surface area contributed by atoms with Crippen molar-refractivity contribution in [2.45, 2.75) is 36.5 Å². The topological polar surface area (TPSA) is 83.8 Å². The molecule has 24 heavy (non-hydrogen) atoms. The highest BCUT2D eigenvalue weighted by Crippen LogP contribution is 2.30. The highest BCUT2D eigenvalue weighted by Gasteiger charge is 2.35. The van der Waals surface area contributed by atoms with E-state index >= 15 is 0 Å². The van der Waals surface area contributed by atoms with Crippen LogP contribution >= 0.6 is 0 Å². The maximum atomic E-state index is 12.6. The van der Waals surface area contributed by atoms with Gasteiger partial charge in [0.25, 0.3) is 5.91 Å². The molecule has 7 nitrogen and oxygen atoms in total. The lowest BCUT2D eigenvalue weighted by Crippen LogP contribution is -2.37. The Hall–Kier alpha value is -1.93. The number of nitrogens with one attached hydrogen (secondary N) is 1. The summed E-state index contributed by atoms with van der Waals surface area (Å²) >= 11 is 0. The molecule has 2 fully saturated rings. The molecule has 128 valence electrons. The molecule has 1 N–H and O–H groups in total. The smallest absolute Gasteiger partial charge is 0.272 e. The summed E-state index contributed by atoms with van der Waals surface area (Å²) in [6.45, 7) is 1.87. The first-order valence-corrected chi connectivity index (χ1v) is 10.0. The number of likely N-dealkylation sites (tertiary alicyclic amines) is 1. The van der Waals surface area contributed by atoms with Gasteiger partial charge in [-0.3, -0.25) is 14.1 Å². The summed E-state index contributed by atoms with van der Waals surface area (Å²) < 4.78 is 25.3. The third kappa shape index (κ3) is 2.80. The number of fused-ring (bicyclic) bond motifs is 1. The third-order valence-corrected chi connectivity index (χ3v) is 5.63. The summed E-state index contributed by atoms with van der Waals surface area (Å²) in [4.78, 5) is 19.2. The molecule has 2 aromatic rings. The van der Waals surface area contributed by atoms with E-state index in [1.54, 1.807) is 24.4 Å². The van der Waals surface area contributed by atoms with Gasteiger partial charge in [-0.1, -0.05) is 6.07 Å². The van der Waals surface area contributed by atoms with Crippen molar-refractivity contribution in [3.63, 3.8) is 0 Å². The SMILES string of the molecule is CS(=O)(=O)c1nc(C(=O)N[C@@H]2CCN(C3CC3)C2)c2ccccn12. The van der Waals surface area contributed by atoms with Crippen LogP contribution in [0.1, 0.15) is 29.8 Å². The second-order valence-corrected chi connectivity index (χ2v) is 8.57. The lowest BCUT2D eigenvalue weighted by atomic mass is 10.2. The number of imidazole rings is 1. The Morgan fingerprint density at radius 3 is 2.79 bits per heavy atom. The molecule has 8 heteroatoms. The summed E-state index contributed by atoms with van der Waals surface area (Å²) in [5.74, 6) is -0.309. The number of amides is 1. The van der Waals surface area contributed by atoms with E-state index in [2.05, 4.69) is 15.2 Å². The molecule has 2 aliphatic rings. The monoisotopic (exact) mass is 348 g/mol. The Balaban J connectivity index is 1.60. The zero-order valence-electron chi connectivity index (χ0n) is 13.5. The van der Waals surface area contributed by atoms with Crippen molar-refractivity contribution in [2.75, 3.05) is 19.3 Å². The summed E-state index contributed by atoms with van der Waals surface area (Å²) in [6, 6.07) is 5.99. The van der Waals surface area contributed by atoms with Crippen LogP contribution in [-0.4, -0.2) is 60.0 Å². The Morgan fingerprint density at radius 2 is 2.08 bits per heavy atom. The predicted molar refractivity (Wildman–Crippen MR) is 88.8 cm³/mol. The molecule has 0 radical (unpaired) electrons. The van der Waals surface area contributed by atoms with Gasteiger partial charge >= 0.3 is 0 Å². The fraction of sp³-hybridized carbons (Fsp3) is 0.500. The van der Waals surface area contributed by atoms with E-state index < -0.39 is 9.84 Å². The van der Waals surface area contributed by atoms with Gasteiger partial charge in [-0.15, -0.1) is 0 Å². The standard InChI is InChI=1S/C16H20N4O3S/c1-24(22,23)16-18-14(13-4-2-3-8-20(13)16)15(21)17-11-7-9-19(10-11)12-5-6-12/h2-4,8,11-12H,5-7,9-10H2,1H3,(H,17,21)/t11-/m1/s1. The van der Waals surface area contributed by atoms with Crippen molar-refractivity contribution in [3.8, 4) is 0 Å². The lowest BCUT2D eigenvalue weighted by Gasteiger charge is -2.15. The predicted octanol–water partition coefficient (Wildman–Crippen LogP) is 0.704. The number of sulfone groups is 1. The average molecular weight is 348 g/mol. The van der Waals surface area contributed by atoms with E-state index in [0.29, 0.717) is 11.6 Å². The van der Waals surface area contributed by atoms with Crippen molar-refractivity contribution < 1.29 is 13.2 Å². The van der Waals surface area contributed by atoms with E-state index in [1.807, 2.05) is 0 Å². The average Bonchev–Trinajstić information content (AvgIpc) is 3.14. The second-order valence-electron chi connectivity index (χ2n) is 6.66. The van der Waals surface area contributed by atoms with E-state index in [9.17, 15) is 13.2 Å². The van der Waals surface area contributed by atoms with E-state index in [1.165, 1.54) is 17.2 Å². The first kappa shape index (κ1) is 15.6. The van der Waals surface area contributed by atoms with Gasteiger partial charge in [0.05, 0.1) is 5.52 Å². The molecule has 4 rings (SSSR count). The molecule has 0 aromatic carbocycles. The molecular formula is C16H20N4O3S. The first-order valence-electron chi connectivity index (χ1n) is 8.15. The van der Waals surface area contributed by atoms with Crippen LogP contribution in [0.25, 0.3) is 5.52 Å². The number of carbonyl (C=O) groups is 1. The normalized spacial score (nSPS) is 22.1. The maximum Gasteiger partial charge on any atom is 0.272 e. The molecule has 1 aliphatic carbocycles. The highest BCUT2D eigenvalue weighted by molar-refractivity contribution is 7.90. The van der Waals surface area contributed by atoms with Crippen LogP contribution in [0.5, 0.6) is 0 Å². The molecule has 0 spiro atoms. The van der Waals surface area contributed by atoms with Crippen molar-refractivity contribution in [3.05, 3.63) is 30.1 Å². The Morgan fingerprint density at radius 1 is 1.29 bits per heavy atom. The van der Waals surface area contributed by atoms with Crippen molar-refractivity contribution in [1.29, 1.82) is 0 Å². The minimum absolute atomic E-state index is 0.0974. The van der Waals surface area contributed by atoms with E-state index in [-0.39, 0.29) is 22.8 Å². The molecular weight excluding hydrogens is 328 g/mol. The fourth-order valence-electron chi connectivity index (χ4n) is 3.37. The molecule has 1 atom stereocenters. The van der Waals surface area contributed by atoms with Crippen LogP contribution in [0.4, 0.5) is 0 Å². The molecule has 1 amide bonds.